The van der Waals surface area contributed by atoms with Crippen molar-refractivity contribution in [2.75, 3.05) is 29.6 Å². The summed E-state index contributed by atoms with van der Waals surface area (Å²) < 4.78 is 13.4. The number of fused-ring (bicyclic) bond motifs is 1. The summed E-state index contributed by atoms with van der Waals surface area (Å²) in [4.78, 5) is 18.5. The van der Waals surface area contributed by atoms with Gasteiger partial charge >= 0.3 is 0 Å². The minimum Gasteiger partial charge on any atom is -0.494 e. The summed E-state index contributed by atoms with van der Waals surface area (Å²) in [7, 11) is 0. The summed E-state index contributed by atoms with van der Waals surface area (Å²) in [6.45, 7) is 9.27. The molecule has 1 atom stereocenters. The molecule has 2 heterocycles. The molecule has 0 bridgehead atoms. The van der Waals surface area contributed by atoms with Gasteiger partial charge in [-0.05, 0) is 56.5 Å². The molecule has 9 heteroatoms. The van der Waals surface area contributed by atoms with E-state index in [1.54, 1.807) is 16.4 Å². The molecule has 4 rings (SSSR count). The summed E-state index contributed by atoms with van der Waals surface area (Å²) in [5.41, 5.74) is 2.84. The number of para-hydroxylation sites is 2. The van der Waals surface area contributed by atoms with Crippen molar-refractivity contribution in [3.63, 3.8) is 0 Å². The van der Waals surface area contributed by atoms with Crippen LogP contribution in [0.15, 0.2) is 65.0 Å². The number of nitrogens with one attached hydrogen (secondary N) is 2. The Morgan fingerprint density at radius 2 is 1.86 bits per heavy atom. The number of carbonyl (C=O) groups is 1. The second kappa shape index (κ2) is 12.7. The topological polar surface area (TPSA) is 90.3 Å². The number of ether oxygens (including phenoxy) is 2. The molecule has 1 unspecified atom stereocenters. The predicted molar refractivity (Wildman–Crippen MR) is 149 cm³/mol. The SMILES string of the molecule is CCCCOc1ccc(C2C(C(=O)Nc3ccccc3OCC)=C(C)Nc3nc(SCCC)nn32)cc1. The van der Waals surface area contributed by atoms with Gasteiger partial charge in [-0.3, -0.25) is 4.79 Å². The van der Waals surface area contributed by atoms with E-state index in [-0.39, 0.29) is 5.91 Å². The van der Waals surface area contributed by atoms with Crippen LogP contribution in [0.4, 0.5) is 11.6 Å². The number of thioether (sulfide) groups is 1. The predicted octanol–water partition coefficient (Wildman–Crippen LogP) is 6.29. The average Bonchev–Trinajstić information content (AvgIpc) is 3.30. The van der Waals surface area contributed by atoms with Gasteiger partial charge in [0.1, 0.15) is 17.5 Å². The van der Waals surface area contributed by atoms with Crippen LogP contribution in [0.5, 0.6) is 11.5 Å². The molecule has 1 aromatic heterocycles. The van der Waals surface area contributed by atoms with Crippen molar-refractivity contribution in [3.05, 3.63) is 65.4 Å². The van der Waals surface area contributed by atoms with Crippen LogP contribution in [0.25, 0.3) is 0 Å². The molecule has 0 aliphatic carbocycles. The van der Waals surface area contributed by atoms with E-state index in [1.807, 2.05) is 62.4 Å². The number of nitrogens with zero attached hydrogens (tertiary/aromatic N) is 3. The van der Waals surface area contributed by atoms with Crippen molar-refractivity contribution in [1.82, 2.24) is 14.8 Å². The Bertz CT molecular complexity index is 1240. The molecule has 37 heavy (non-hydrogen) atoms. The van der Waals surface area contributed by atoms with E-state index in [4.69, 9.17) is 19.6 Å². The minimum atomic E-state index is -0.455. The van der Waals surface area contributed by atoms with Crippen molar-refractivity contribution >= 4 is 29.3 Å². The Hall–Kier alpha value is -3.46. The fraction of sp³-hybridized carbons (Fsp3) is 0.393. The number of hydrogen-bond acceptors (Lipinski definition) is 7. The highest BCUT2D eigenvalue weighted by molar-refractivity contribution is 7.99. The first-order valence-corrected chi connectivity index (χ1v) is 13.9. The molecule has 2 N–H and O–H groups in total. The van der Waals surface area contributed by atoms with Gasteiger partial charge in [-0.1, -0.05) is 56.3 Å². The third-order valence-electron chi connectivity index (χ3n) is 5.91. The van der Waals surface area contributed by atoms with E-state index in [1.165, 1.54) is 0 Å². The number of anilines is 2. The van der Waals surface area contributed by atoms with Gasteiger partial charge in [-0.2, -0.15) is 4.98 Å². The normalized spacial score (nSPS) is 14.6. The summed E-state index contributed by atoms with van der Waals surface area (Å²) >= 11 is 1.61. The molecule has 196 valence electrons. The van der Waals surface area contributed by atoms with Crippen LogP contribution >= 0.6 is 11.8 Å². The zero-order valence-corrected chi connectivity index (χ0v) is 22.7. The molecule has 0 saturated carbocycles. The number of carbonyl (C=O) groups excluding carboxylic acids is 1. The fourth-order valence-electron chi connectivity index (χ4n) is 4.11. The highest BCUT2D eigenvalue weighted by Crippen LogP contribution is 2.38. The first-order chi connectivity index (χ1) is 18.0. The minimum absolute atomic E-state index is 0.227. The van der Waals surface area contributed by atoms with Crippen molar-refractivity contribution in [1.29, 1.82) is 0 Å². The standard InChI is InChI=1S/C28H35N5O3S/c1-5-8-17-36-21-15-13-20(14-16-21)25-24(26(34)30-22-11-9-10-12-23(22)35-7-3)19(4)29-27-31-28(32-33(25)27)37-18-6-2/h9-16,25H,5-8,17-18H2,1-4H3,(H,30,34)(H,29,31,32). The quantitative estimate of drug-likeness (QED) is 0.214. The van der Waals surface area contributed by atoms with E-state index in [0.29, 0.717) is 41.3 Å². The monoisotopic (exact) mass is 521 g/mol. The molecule has 0 saturated heterocycles. The van der Waals surface area contributed by atoms with Gasteiger partial charge in [0.05, 0.1) is 24.5 Å². The largest absolute Gasteiger partial charge is 0.494 e. The fourth-order valence-corrected chi connectivity index (χ4v) is 4.79. The molecule has 0 fully saturated rings. The van der Waals surface area contributed by atoms with Gasteiger partial charge < -0.3 is 20.1 Å². The Labute approximate surface area is 222 Å². The van der Waals surface area contributed by atoms with Gasteiger partial charge in [0.15, 0.2) is 0 Å². The second-order valence-corrected chi connectivity index (χ2v) is 9.79. The van der Waals surface area contributed by atoms with Crippen molar-refractivity contribution in [2.24, 2.45) is 0 Å². The number of amides is 1. The zero-order chi connectivity index (χ0) is 26.2. The van der Waals surface area contributed by atoms with Crippen LogP contribution in [0.3, 0.4) is 0 Å². The number of benzene rings is 2. The molecule has 3 aromatic rings. The lowest BCUT2D eigenvalue weighted by molar-refractivity contribution is -0.113. The van der Waals surface area contributed by atoms with Crippen LogP contribution in [0.2, 0.25) is 0 Å². The molecule has 1 aliphatic rings. The van der Waals surface area contributed by atoms with E-state index < -0.39 is 6.04 Å². The number of aromatic nitrogens is 3. The molecule has 2 aromatic carbocycles. The lowest BCUT2D eigenvalue weighted by Crippen LogP contribution is -2.31. The first-order valence-electron chi connectivity index (χ1n) is 12.9. The van der Waals surface area contributed by atoms with Gasteiger partial charge in [0.25, 0.3) is 5.91 Å². The Morgan fingerprint density at radius 3 is 2.59 bits per heavy atom. The summed E-state index contributed by atoms with van der Waals surface area (Å²) in [5, 5.41) is 11.8. The van der Waals surface area contributed by atoms with E-state index in [9.17, 15) is 4.79 Å². The van der Waals surface area contributed by atoms with Gasteiger partial charge in [-0.25, -0.2) is 4.68 Å². The third-order valence-corrected chi connectivity index (χ3v) is 6.95. The van der Waals surface area contributed by atoms with Crippen molar-refractivity contribution in [2.45, 2.75) is 58.2 Å². The second-order valence-electron chi connectivity index (χ2n) is 8.73. The van der Waals surface area contributed by atoms with Gasteiger partial charge in [0.2, 0.25) is 11.1 Å². The van der Waals surface area contributed by atoms with Crippen LogP contribution in [0, 0.1) is 0 Å². The molecular formula is C28H35N5O3S. The first kappa shape index (κ1) is 26.6. The average molecular weight is 522 g/mol. The Morgan fingerprint density at radius 1 is 1.08 bits per heavy atom. The lowest BCUT2D eigenvalue weighted by atomic mass is 9.95. The van der Waals surface area contributed by atoms with Crippen molar-refractivity contribution < 1.29 is 14.3 Å². The molecule has 0 radical (unpaired) electrons. The number of rotatable bonds is 12. The van der Waals surface area contributed by atoms with E-state index in [2.05, 4.69) is 24.5 Å². The smallest absolute Gasteiger partial charge is 0.255 e. The maximum atomic E-state index is 13.8. The van der Waals surface area contributed by atoms with Crippen LogP contribution in [0.1, 0.15) is 58.6 Å². The molecular weight excluding hydrogens is 486 g/mol. The third kappa shape index (κ3) is 6.28. The summed E-state index contributed by atoms with van der Waals surface area (Å²) in [6.07, 6.45) is 3.11. The van der Waals surface area contributed by atoms with Gasteiger partial charge in [0, 0.05) is 11.4 Å². The number of allylic oxidation sites excluding steroid dienone is 1. The maximum Gasteiger partial charge on any atom is 0.255 e. The zero-order valence-electron chi connectivity index (χ0n) is 21.9. The molecule has 8 nitrogen and oxygen atoms in total. The Balaban J connectivity index is 1.69. The maximum absolute atomic E-state index is 13.8. The van der Waals surface area contributed by atoms with Crippen molar-refractivity contribution in [3.8, 4) is 11.5 Å². The van der Waals surface area contributed by atoms with Crippen LogP contribution in [-0.4, -0.2) is 39.6 Å². The Kier molecular flexibility index (Phi) is 9.11. The van der Waals surface area contributed by atoms with E-state index in [0.717, 1.165) is 42.0 Å². The number of unbranched alkanes of at least 4 members (excludes halogenated alkanes) is 1. The molecule has 1 aliphatic heterocycles. The van der Waals surface area contributed by atoms with E-state index >= 15 is 0 Å². The highest BCUT2D eigenvalue weighted by atomic mass is 32.2. The lowest BCUT2D eigenvalue weighted by Gasteiger charge is -2.29. The van der Waals surface area contributed by atoms with Gasteiger partial charge in [-0.15, -0.1) is 5.10 Å². The number of hydrogen-bond donors (Lipinski definition) is 2. The van der Waals surface area contributed by atoms with Crippen LogP contribution in [-0.2, 0) is 4.79 Å². The highest BCUT2D eigenvalue weighted by Gasteiger charge is 2.34. The molecule has 1 amide bonds. The molecule has 0 spiro atoms. The summed E-state index contributed by atoms with van der Waals surface area (Å²) in [5.74, 6) is 2.75. The van der Waals surface area contributed by atoms with Crippen LogP contribution < -0.4 is 20.1 Å². The summed E-state index contributed by atoms with van der Waals surface area (Å²) in [6, 6.07) is 14.9.